The van der Waals surface area contributed by atoms with Crippen LogP contribution in [0.15, 0.2) is 18.2 Å². The van der Waals surface area contributed by atoms with Gasteiger partial charge in [-0.2, -0.15) is 0 Å². The lowest BCUT2D eigenvalue weighted by atomic mass is 10.1. The number of ether oxygens (including phenoxy) is 1. The highest BCUT2D eigenvalue weighted by Crippen LogP contribution is 2.12. The van der Waals surface area contributed by atoms with Crippen LogP contribution in [0.1, 0.15) is 21.5 Å². The molecule has 1 aromatic rings. The van der Waals surface area contributed by atoms with E-state index in [0.717, 1.165) is 24.3 Å². The average molecular weight is 262 g/mol. The molecule has 0 spiro atoms. The molecule has 1 N–H and O–H groups in total. The van der Waals surface area contributed by atoms with Gasteiger partial charge < -0.3 is 15.0 Å². The van der Waals surface area contributed by atoms with Crippen molar-refractivity contribution in [2.45, 2.75) is 19.9 Å². The summed E-state index contributed by atoms with van der Waals surface area (Å²) in [6, 6.07) is 6.08. The number of carbonyl (C=O) groups is 1. The standard InChI is InChI=1S/C15H22N2O2/c1-11-4-5-13(8-12(11)2)15(18)17(3)9-14-10-19-7-6-16-14/h4-5,8,14,16H,6-7,9-10H2,1-3H3. The molecule has 0 saturated carbocycles. The molecule has 0 radical (unpaired) electrons. The molecule has 1 amide bonds. The predicted molar refractivity (Wildman–Crippen MR) is 75.5 cm³/mol. The zero-order chi connectivity index (χ0) is 13.8. The number of nitrogens with zero attached hydrogens (tertiary/aromatic N) is 1. The maximum atomic E-state index is 12.3. The Morgan fingerprint density at radius 3 is 2.84 bits per heavy atom. The second-order valence-corrected chi connectivity index (χ2v) is 5.21. The van der Waals surface area contributed by atoms with Gasteiger partial charge in [0.25, 0.3) is 5.91 Å². The van der Waals surface area contributed by atoms with E-state index >= 15 is 0 Å². The minimum absolute atomic E-state index is 0.0653. The van der Waals surface area contributed by atoms with Crippen LogP contribution in [-0.2, 0) is 4.74 Å². The topological polar surface area (TPSA) is 41.6 Å². The number of hydrogen-bond donors (Lipinski definition) is 1. The Morgan fingerprint density at radius 1 is 1.42 bits per heavy atom. The van der Waals surface area contributed by atoms with E-state index in [-0.39, 0.29) is 11.9 Å². The summed E-state index contributed by atoms with van der Waals surface area (Å²) in [6.07, 6.45) is 0. The first-order valence-electron chi connectivity index (χ1n) is 6.72. The van der Waals surface area contributed by atoms with E-state index in [4.69, 9.17) is 4.74 Å². The van der Waals surface area contributed by atoms with Crippen molar-refractivity contribution in [3.05, 3.63) is 34.9 Å². The van der Waals surface area contributed by atoms with E-state index in [1.54, 1.807) is 4.90 Å². The fraction of sp³-hybridized carbons (Fsp3) is 0.533. The summed E-state index contributed by atoms with van der Waals surface area (Å²) < 4.78 is 5.40. The Hall–Kier alpha value is -1.39. The number of morpholine rings is 1. The normalized spacial score (nSPS) is 19.2. The smallest absolute Gasteiger partial charge is 0.253 e. The molecule has 1 aliphatic heterocycles. The van der Waals surface area contributed by atoms with Crippen molar-refractivity contribution in [1.82, 2.24) is 10.2 Å². The fourth-order valence-electron chi connectivity index (χ4n) is 2.25. The van der Waals surface area contributed by atoms with Gasteiger partial charge in [-0.15, -0.1) is 0 Å². The second kappa shape index (κ2) is 6.17. The number of amides is 1. The zero-order valence-corrected chi connectivity index (χ0v) is 11.9. The molecule has 1 saturated heterocycles. The first kappa shape index (κ1) is 14.0. The largest absolute Gasteiger partial charge is 0.378 e. The number of aryl methyl sites for hydroxylation is 2. The molecule has 0 aliphatic carbocycles. The molecule has 1 unspecified atom stereocenters. The second-order valence-electron chi connectivity index (χ2n) is 5.21. The molecule has 0 bridgehead atoms. The third-order valence-corrected chi connectivity index (χ3v) is 3.59. The lowest BCUT2D eigenvalue weighted by Gasteiger charge is -2.28. The molecule has 1 heterocycles. The predicted octanol–water partition coefficient (Wildman–Crippen LogP) is 1.36. The Kier molecular flexibility index (Phi) is 4.56. The SMILES string of the molecule is Cc1ccc(C(=O)N(C)CC2COCCN2)cc1C. The molecule has 19 heavy (non-hydrogen) atoms. The quantitative estimate of drug-likeness (QED) is 0.894. The van der Waals surface area contributed by atoms with Gasteiger partial charge in [-0.25, -0.2) is 0 Å². The van der Waals surface area contributed by atoms with Crippen LogP contribution in [0.5, 0.6) is 0 Å². The van der Waals surface area contributed by atoms with Crippen molar-refractivity contribution < 1.29 is 9.53 Å². The minimum Gasteiger partial charge on any atom is -0.378 e. The number of likely N-dealkylation sites (N-methyl/N-ethyl adjacent to an activating group) is 1. The summed E-state index contributed by atoms with van der Waals surface area (Å²) in [5.41, 5.74) is 3.11. The average Bonchev–Trinajstić information content (AvgIpc) is 2.42. The van der Waals surface area contributed by atoms with Crippen molar-refractivity contribution in [3.8, 4) is 0 Å². The Morgan fingerprint density at radius 2 is 2.21 bits per heavy atom. The van der Waals surface area contributed by atoms with Crippen LogP contribution in [0.4, 0.5) is 0 Å². The molecular weight excluding hydrogens is 240 g/mol. The first-order chi connectivity index (χ1) is 9.08. The summed E-state index contributed by atoms with van der Waals surface area (Å²) in [5.74, 6) is 0.0653. The lowest BCUT2D eigenvalue weighted by molar-refractivity contribution is 0.0565. The van der Waals surface area contributed by atoms with Gasteiger partial charge in [0.1, 0.15) is 0 Å². The number of benzene rings is 1. The van der Waals surface area contributed by atoms with Gasteiger partial charge in [0.2, 0.25) is 0 Å². The molecule has 1 fully saturated rings. The van der Waals surface area contributed by atoms with E-state index in [9.17, 15) is 4.79 Å². The van der Waals surface area contributed by atoms with E-state index < -0.39 is 0 Å². The van der Waals surface area contributed by atoms with Gasteiger partial charge in [-0.05, 0) is 37.1 Å². The van der Waals surface area contributed by atoms with Crippen LogP contribution >= 0.6 is 0 Å². The van der Waals surface area contributed by atoms with Crippen molar-refractivity contribution >= 4 is 5.91 Å². The lowest BCUT2D eigenvalue weighted by Crippen LogP contribution is -2.48. The van der Waals surface area contributed by atoms with Crippen molar-refractivity contribution in [2.75, 3.05) is 33.4 Å². The van der Waals surface area contributed by atoms with Crippen LogP contribution in [0.25, 0.3) is 0 Å². The molecule has 1 atom stereocenters. The van der Waals surface area contributed by atoms with E-state index in [1.165, 1.54) is 5.56 Å². The molecular formula is C15H22N2O2. The Bertz CT molecular complexity index is 453. The van der Waals surface area contributed by atoms with Crippen LogP contribution in [0, 0.1) is 13.8 Å². The van der Waals surface area contributed by atoms with Gasteiger partial charge in [0.05, 0.1) is 13.2 Å². The number of nitrogens with one attached hydrogen (secondary N) is 1. The Balaban J connectivity index is 1.99. The highest BCUT2D eigenvalue weighted by atomic mass is 16.5. The monoisotopic (exact) mass is 262 g/mol. The van der Waals surface area contributed by atoms with Crippen LogP contribution in [-0.4, -0.2) is 50.2 Å². The number of hydrogen-bond acceptors (Lipinski definition) is 3. The van der Waals surface area contributed by atoms with Gasteiger partial charge in [0, 0.05) is 31.7 Å². The van der Waals surface area contributed by atoms with Crippen molar-refractivity contribution in [1.29, 1.82) is 0 Å². The van der Waals surface area contributed by atoms with Crippen molar-refractivity contribution in [2.24, 2.45) is 0 Å². The molecule has 0 aromatic heterocycles. The van der Waals surface area contributed by atoms with Gasteiger partial charge >= 0.3 is 0 Å². The van der Waals surface area contributed by atoms with E-state index in [1.807, 2.05) is 32.2 Å². The maximum absolute atomic E-state index is 12.3. The highest BCUT2D eigenvalue weighted by Gasteiger charge is 2.19. The molecule has 104 valence electrons. The highest BCUT2D eigenvalue weighted by molar-refractivity contribution is 5.94. The molecule has 2 rings (SSSR count). The molecule has 1 aliphatic rings. The van der Waals surface area contributed by atoms with Crippen LogP contribution < -0.4 is 5.32 Å². The summed E-state index contributed by atoms with van der Waals surface area (Å²) in [4.78, 5) is 14.1. The van der Waals surface area contributed by atoms with Gasteiger partial charge in [-0.3, -0.25) is 4.79 Å². The third-order valence-electron chi connectivity index (χ3n) is 3.59. The Labute approximate surface area is 114 Å². The molecule has 4 nitrogen and oxygen atoms in total. The van der Waals surface area contributed by atoms with E-state index in [0.29, 0.717) is 13.2 Å². The molecule has 1 aromatic carbocycles. The van der Waals surface area contributed by atoms with Gasteiger partial charge in [0.15, 0.2) is 0 Å². The summed E-state index contributed by atoms with van der Waals surface area (Å²) in [7, 11) is 1.84. The summed E-state index contributed by atoms with van der Waals surface area (Å²) >= 11 is 0. The van der Waals surface area contributed by atoms with E-state index in [2.05, 4.69) is 12.2 Å². The third kappa shape index (κ3) is 3.55. The van der Waals surface area contributed by atoms with Crippen LogP contribution in [0.3, 0.4) is 0 Å². The summed E-state index contributed by atoms with van der Waals surface area (Å²) in [6.45, 7) is 7.04. The summed E-state index contributed by atoms with van der Waals surface area (Å²) in [5, 5.41) is 3.36. The van der Waals surface area contributed by atoms with Crippen LogP contribution in [0.2, 0.25) is 0 Å². The molecule has 4 heteroatoms. The maximum Gasteiger partial charge on any atom is 0.253 e. The number of carbonyl (C=O) groups excluding carboxylic acids is 1. The fourth-order valence-corrected chi connectivity index (χ4v) is 2.25. The van der Waals surface area contributed by atoms with Gasteiger partial charge in [-0.1, -0.05) is 6.07 Å². The first-order valence-corrected chi connectivity index (χ1v) is 6.72. The van der Waals surface area contributed by atoms with Crippen molar-refractivity contribution in [3.63, 3.8) is 0 Å². The number of rotatable bonds is 3. The zero-order valence-electron chi connectivity index (χ0n) is 11.9. The minimum atomic E-state index is 0.0653.